The first kappa shape index (κ1) is 18.3. The van der Waals surface area contributed by atoms with E-state index in [0.717, 1.165) is 12.7 Å². The van der Waals surface area contributed by atoms with Crippen LogP contribution in [0, 0.1) is 23.2 Å². The lowest BCUT2D eigenvalue weighted by Crippen LogP contribution is -2.58. The number of hydrogen-bond donors (Lipinski definition) is 0. The van der Waals surface area contributed by atoms with Crippen LogP contribution in [0.4, 0.5) is 13.2 Å². The van der Waals surface area contributed by atoms with Crippen molar-refractivity contribution in [2.45, 2.75) is 51.2 Å². The third-order valence-electron chi connectivity index (χ3n) is 6.62. The van der Waals surface area contributed by atoms with E-state index in [1.165, 1.54) is 0 Å². The van der Waals surface area contributed by atoms with Gasteiger partial charge in [0.25, 0.3) is 0 Å². The van der Waals surface area contributed by atoms with Crippen molar-refractivity contribution < 1.29 is 27.5 Å². The van der Waals surface area contributed by atoms with Gasteiger partial charge in [-0.1, -0.05) is 18.6 Å². The van der Waals surface area contributed by atoms with Gasteiger partial charge in [-0.05, 0) is 31.6 Å². The molecule has 2 aliphatic carbocycles. The van der Waals surface area contributed by atoms with Crippen molar-refractivity contribution >= 4 is 11.9 Å². The number of amides is 1. The second-order valence-electron chi connectivity index (χ2n) is 7.71. The van der Waals surface area contributed by atoms with Gasteiger partial charge in [-0.2, -0.15) is 13.2 Å². The molecule has 0 radical (unpaired) electrons. The van der Waals surface area contributed by atoms with Crippen molar-refractivity contribution in [2.75, 3.05) is 14.2 Å². The lowest BCUT2D eigenvalue weighted by atomic mass is 9.54. The van der Waals surface area contributed by atoms with Gasteiger partial charge in [-0.25, -0.2) is 0 Å². The van der Waals surface area contributed by atoms with Crippen LogP contribution in [0.25, 0.3) is 0 Å². The van der Waals surface area contributed by atoms with Crippen LogP contribution >= 0.6 is 0 Å². The summed E-state index contributed by atoms with van der Waals surface area (Å²) in [4.78, 5) is 26.0. The van der Waals surface area contributed by atoms with Gasteiger partial charge in [0.1, 0.15) is 0 Å². The summed E-state index contributed by atoms with van der Waals surface area (Å²) in [6.45, 7) is 2.03. The first-order valence-corrected chi connectivity index (χ1v) is 8.72. The van der Waals surface area contributed by atoms with Crippen LogP contribution < -0.4 is 0 Å². The summed E-state index contributed by atoms with van der Waals surface area (Å²) >= 11 is 0. The number of likely N-dealkylation sites (tertiary alicyclic amines) is 1. The molecule has 140 valence electrons. The lowest BCUT2D eigenvalue weighted by molar-refractivity contribution is -0.205. The van der Waals surface area contributed by atoms with Crippen LogP contribution in [-0.2, 0) is 14.3 Å². The minimum atomic E-state index is -4.43. The molecule has 3 aliphatic rings. The first-order chi connectivity index (χ1) is 11.6. The molecule has 25 heavy (non-hydrogen) atoms. The molecule has 3 rings (SSSR count). The van der Waals surface area contributed by atoms with E-state index < -0.39 is 29.9 Å². The van der Waals surface area contributed by atoms with Crippen molar-refractivity contribution in [3.8, 4) is 0 Å². The van der Waals surface area contributed by atoms with E-state index in [0.29, 0.717) is 25.7 Å². The van der Waals surface area contributed by atoms with Gasteiger partial charge in [0, 0.05) is 24.9 Å². The molecule has 1 amide bonds. The average molecular weight is 359 g/mol. The van der Waals surface area contributed by atoms with Gasteiger partial charge in [0.05, 0.1) is 18.9 Å². The summed E-state index contributed by atoms with van der Waals surface area (Å²) in [5, 5.41) is 0. The van der Waals surface area contributed by atoms with Crippen LogP contribution in [0.1, 0.15) is 39.0 Å². The second-order valence-corrected chi connectivity index (χ2v) is 7.71. The molecule has 7 heteroatoms. The Morgan fingerprint density at radius 1 is 1.36 bits per heavy atom. The van der Waals surface area contributed by atoms with E-state index in [-0.39, 0.29) is 23.8 Å². The van der Waals surface area contributed by atoms with Gasteiger partial charge >= 0.3 is 12.1 Å². The minimum Gasteiger partial charge on any atom is -0.469 e. The topological polar surface area (TPSA) is 46.6 Å². The summed E-state index contributed by atoms with van der Waals surface area (Å²) in [6, 6.07) is -0.0167. The Morgan fingerprint density at radius 2 is 2.04 bits per heavy atom. The monoisotopic (exact) mass is 359 g/mol. The molecule has 0 aromatic carbocycles. The normalized spacial score (nSPS) is 38.6. The quantitative estimate of drug-likeness (QED) is 0.533. The molecule has 1 aliphatic heterocycles. The number of hydrogen-bond acceptors (Lipinski definition) is 3. The number of nitrogens with zero attached hydrogens (tertiary/aromatic N) is 1. The van der Waals surface area contributed by atoms with Crippen LogP contribution in [0.5, 0.6) is 0 Å². The molecule has 0 aromatic heterocycles. The highest BCUT2D eigenvalue weighted by molar-refractivity contribution is 5.78. The Morgan fingerprint density at radius 3 is 2.64 bits per heavy atom. The molecular formula is C18H24F3NO3. The minimum absolute atomic E-state index is 0.0167. The van der Waals surface area contributed by atoms with Crippen LogP contribution in [0.15, 0.2) is 11.6 Å². The molecule has 2 unspecified atom stereocenters. The molecule has 0 bridgehead atoms. The zero-order chi connectivity index (χ0) is 18.6. The fraction of sp³-hybridized carbons (Fsp3) is 0.778. The van der Waals surface area contributed by atoms with Gasteiger partial charge in [0.15, 0.2) is 0 Å². The van der Waals surface area contributed by atoms with Gasteiger partial charge in [-0.3, -0.25) is 9.59 Å². The highest BCUT2D eigenvalue weighted by Gasteiger charge is 2.58. The predicted octanol–water partition coefficient (Wildman–Crippen LogP) is 3.32. The summed E-state index contributed by atoms with van der Waals surface area (Å²) in [7, 11) is 2.92. The molecule has 1 saturated carbocycles. The number of rotatable bonds is 1. The number of alkyl halides is 3. The summed E-state index contributed by atoms with van der Waals surface area (Å²) in [5.74, 6) is -4.05. The van der Waals surface area contributed by atoms with Crippen molar-refractivity contribution in [2.24, 2.45) is 23.2 Å². The molecular weight excluding hydrogens is 335 g/mol. The van der Waals surface area contributed by atoms with E-state index in [2.05, 4.69) is 0 Å². The Hall–Kier alpha value is -1.53. The number of allylic oxidation sites excluding steroid dienone is 1. The molecule has 0 N–H and O–H groups in total. The Balaban J connectivity index is 2.02. The summed E-state index contributed by atoms with van der Waals surface area (Å²) in [6.07, 6.45) is -0.854. The molecule has 2 fully saturated rings. The number of carbonyl (C=O) groups is 2. The number of esters is 1. The highest BCUT2D eigenvalue weighted by Crippen LogP contribution is 2.57. The van der Waals surface area contributed by atoms with Gasteiger partial charge in [0.2, 0.25) is 5.91 Å². The van der Waals surface area contributed by atoms with Crippen LogP contribution in [0.2, 0.25) is 0 Å². The number of halogens is 3. The Bertz CT molecular complexity index is 615. The second kappa shape index (κ2) is 6.02. The summed E-state index contributed by atoms with van der Waals surface area (Å²) in [5.41, 5.74) is 0.549. The third-order valence-corrected chi connectivity index (χ3v) is 6.62. The zero-order valence-corrected chi connectivity index (χ0v) is 14.7. The lowest BCUT2D eigenvalue weighted by Gasteiger charge is -2.56. The molecule has 0 spiro atoms. The molecule has 1 saturated heterocycles. The molecule has 4 nitrogen and oxygen atoms in total. The van der Waals surface area contributed by atoms with Crippen LogP contribution in [0.3, 0.4) is 0 Å². The predicted molar refractivity (Wildman–Crippen MR) is 84.4 cm³/mol. The maximum Gasteiger partial charge on any atom is 0.392 e. The molecule has 0 aromatic rings. The fourth-order valence-corrected chi connectivity index (χ4v) is 5.32. The summed E-state index contributed by atoms with van der Waals surface area (Å²) < 4.78 is 45.2. The van der Waals surface area contributed by atoms with Crippen LogP contribution in [-0.4, -0.2) is 43.2 Å². The number of carbonyl (C=O) groups excluding carboxylic acids is 2. The SMILES string of the molecule is COC(=O)C1C(C(F)(F)F)CC=C2[C@H]1CC[C@H]1N(C)C(=O)CC[C@]21C. The average Bonchev–Trinajstić information content (AvgIpc) is 2.56. The van der Waals surface area contributed by atoms with Crippen molar-refractivity contribution in [1.82, 2.24) is 4.90 Å². The van der Waals surface area contributed by atoms with E-state index >= 15 is 0 Å². The van der Waals surface area contributed by atoms with Crippen molar-refractivity contribution in [3.63, 3.8) is 0 Å². The molecule has 1 heterocycles. The first-order valence-electron chi connectivity index (χ1n) is 8.72. The van der Waals surface area contributed by atoms with E-state index in [9.17, 15) is 22.8 Å². The number of piperidine rings is 1. The van der Waals surface area contributed by atoms with Gasteiger partial charge in [-0.15, -0.1) is 0 Å². The van der Waals surface area contributed by atoms with E-state index in [1.54, 1.807) is 18.0 Å². The fourth-order valence-electron chi connectivity index (χ4n) is 5.32. The Labute approximate surface area is 145 Å². The van der Waals surface area contributed by atoms with Crippen molar-refractivity contribution in [3.05, 3.63) is 11.6 Å². The maximum atomic E-state index is 13.5. The zero-order valence-electron chi connectivity index (χ0n) is 14.7. The highest BCUT2D eigenvalue weighted by atomic mass is 19.4. The van der Waals surface area contributed by atoms with Gasteiger partial charge < -0.3 is 9.64 Å². The smallest absolute Gasteiger partial charge is 0.392 e. The largest absolute Gasteiger partial charge is 0.469 e. The number of fused-ring (bicyclic) bond motifs is 3. The Kier molecular flexibility index (Phi) is 4.40. The third kappa shape index (κ3) is 2.75. The van der Waals surface area contributed by atoms with Crippen molar-refractivity contribution in [1.29, 1.82) is 0 Å². The van der Waals surface area contributed by atoms with E-state index in [4.69, 9.17) is 4.74 Å². The van der Waals surface area contributed by atoms with E-state index in [1.807, 2.05) is 6.92 Å². The number of ether oxygens (including phenoxy) is 1. The standard InChI is InChI=1S/C18H24F3NO3/c1-17-9-8-14(23)22(2)13(17)7-4-10-11(17)5-6-12(18(19,20)21)15(10)16(24)25-3/h5,10,12-13,15H,4,6-9H2,1-3H3/t10-,12?,13-,15?,17-/m1/s1. The number of methoxy groups -OCH3 is 1. The maximum absolute atomic E-state index is 13.5. The molecule has 5 atom stereocenters.